The standard InChI is InChI=1S/C13H22N2O4/c1-10-12(11(2)19-14-10)9-13(16)15(5-7-17-3)6-8-18-4/h5-9H2,1-4H3. The van der Waals surface area contributed by atoms with Gasteiger partial charge in [0.15, 0.2) is 0 Å². The smallest absolute Gasteiger partial charge is 0.227 e. The van der Waals surface area contributed by atoms with Gasteiger partial charge in [0.2, 0.25) is 5.91 Å². The number of rotatable bonds is 8. The van der Waals surface area contributed by atoms with Gasteiger partial charge in [-0.2, -0.15) is 0 Å². The molecule has 1 amide bonds. The zero-order chi connectivity index (χ0) is 14.3. The monoisotopic (exact) mass is 270 g/mol. The van der Waals surface area contributed by atoms with E-state index in [0.717, 1.165) is 11.3 Å². The molecular formula is C13H22N2O4. The summed E-state index contributed by atoms with van der Waals surface area (Å²) in [6.45, 7) is 5.79. The van der Waals surface area contributed by atoms with Gasteiger partial charge in [0.1, 0.15) is 5.76 Å². The molecule has 1 aromatic heterocycles. The summed E-state index contributed by atoms with van der Waals surface area (Å²) in [5.74, 6) is 0.729. The third-order valence-electron chi connectivity index (χ3n) is 2.99. The number of carbonyl (C=O) groups is 1. The van der Waals surface area contributed by atoms with Crippen molar-refractivity contribution in [2.75, 3.05) is 40.5 Å². The maximum atomic E-state index is 12.3. The van der Waals surface area contributed by atoms with Crippen LogP contribution < -0.4 is 0 Å². The Morgan fingerprint density at radius 3 is 2.21 bits per heavy atom. The second-order valence-electron chi connectivity index (χ2n) is 4.35. The molecule has 6 nitrogen and oxygen atoms in total. The van der Waals surface area contributed by atoms with Crippen molar-refractivity contribution >= 4 is 5.91 Å². The highest BCUT2D eigenvalue weighted by molar-refractivity contribution is 5.79. The minimum atomic E-state index is 0.0310. The Morgan fingerprint density at radius 1 is 1.21 bits per heavy atom. The van der Waals surface area contributed by atoms with Crippen molar-refractivity contribution in [3.8, 4) is 0 Å². The van der Waals surface area contributed by atoms with E-state index in [4.69, 9.17) is 14.0 Å². The van der Waals surface area contributed by atoms with E-state index < -0.39 is 0 Å². The van der Waals surface area contributed by atoms with Crippen molar-refractivity contribution in [3.63, 3.8) is 0 Å². The van der Waals surface area contributed by atoms with Crippen LogP contribution in [0.25, 0.3) is 0 Å². The van der Waals surface area contributed by atoms with E-state index in [2.05, 4.69) is 5.16 Å². The van der Waals surface area contributed by atoms with E-state index in [0.29, 0.717) is 38.5 Å². The quantitative estimate of drug-likeness (QED) is 0.704. The van der Waals surface area contributed by atoms with Gasteiger partial charge < -0.3 is 18.9 Å². The Balaban J connectivity index is 2.65. The molecule has 19 heavy (non-hydrogen) atoms. The lowest BCUT2D eigenvalue weighted by Gasteiger charge is -2.22. The van der Waals surface area contributed by atoms with Gasteiger partial charge in [-0.3, -0.25) is 4.79 Å². The fourth-order valence-electron chi connectivity index (χ4n) is 1.78. The van der Waals surface area contributed by atoms with Gasteiger partial charge in [0.05, 0.1) is 25.3 Å². The number of aryl methyl sites for hydroxylation is 2. The van der Waals surface area contributed by atoms with E-state index in [1.54, 1.807) is 19.1 Å². The SMILES string of the molecule is COCCN(CCOC)C(=O)Cc1c(C)noc1C. The van der Waals surface area contributed by atoms with Crippen molar-refractivity contribution in [1.82, 2.24) is 10.1 Å². The molecule has 0 unspecified atom stereocenters. The Hall–Kier alpha value is -1.40. The van der Waals surface area contributed by atoms with Crippen LogP contribution in [0.15, 0.2) is 4.52 Å². The predicted molar refractivity (Wildman–Crippen MR) is 70.0 cm³/mol. The highest BCUT2D eigenvalue weighted by Gasteiger charge is 2.18. The molecule has 0 aliphatic carbocycles. The number of hydrogen-bond donors (Lipinski definition) is 0. The van der Waals surface area contributed by atoms with E-state index in [-0.39, 0.29) is 5.91 Å². The molecule has 6 heteroatoms. The molecule has 108 valence electrons. The highest BCUT2D eigenvalue weighted by Crippen LogP contribution is 2.14. The molecule has 0 atom stereocenters. The fourth-order valence-corrected chi connectivity index (χ4v) is 1.78. The third-order valence-corrected chi connectivity index (χ3v) is 2.99. The van der Waals surface area contributed by atoms with Crippen LogP contribution in [0.4, 0.5) is 0 Å². The van der Waals surface area contributed by atoms with E-state index in [1.807, 2.05) is 13.8 Å². The normalized spacial score (nSPS) is 10.7. The van der Waals surface area contributed by atoms with Crippen molar-refractivity contribution in [2.45, 2.75) is 20.3 Å². The predicted octanol–water partition coefficient (Wildman–Crippen LogP) is 0.955. The third kappa shape index (κ3) is 4.65. The number of aromatic nitrogens is 1. The van der Waals surface area contributed by atoms with Crippen LogP contribution in [0, 0.1) is 13.8 Å². The van der Waals surface area contributed by atoms with Crippen LogP contribution in [0.5, 0.6) is 0 Å². The molecule has 0 N–H and O–H groups in total. The topological polar surface area (TPSA) is 64.8 Å². The van der Waals surface area contributed by atoms with Gasteiger partial charge in [-0.05, 0) is 13.8 Å². The van der Waals surface area contributed by atoms with Crippen LogP contribution in [-0.2, 0) is 20.7 Å². The summed E-state index contributed by atoms with van der Waals surface area (Å²) in [5.41, 5.74) is 1.63. The number of amides is 1. The van der Waals surface area contributed by atoms with E-state index in [9.17, 15) is 4.79 Å². The summed E-state index contributed by atoms with van der Waals surface area (Å²) in [5, 5.41) is 3.86. The van der Waals surface area contributed by atoms with Crippen LogP contribution >= 0.6 is 0 Å². The minimum Gasteiger partial charge on any atom is -0.383 e. The number of nitrogens with zero attached hydrogens (tertiary/aromatic N) is 2. The van der Waals surface area contributed by atoms with Crippen LogP contribution in [0.2, 0.25) is 0 Å². The van der Waals surface area contributed by atoms with Crippen molar-refractivity contribution in [2.24, 2.45) is 0 Å². The molecule has 0 radical (unpaired) electrons. The van der Waals surface area contributed by atoms with Crippen LogP contribution in [-0.4, -0.2) is 56.5 Å². The maximum absolute atomic E-state index is 12.3. The molecule has 0 fully saturated rings. The molecule has 1 rings (SSSR count). The van der Waals surface area contributed by atoms with Crippen LogP contribution in [0.3, 0.4) is 0 Å². The second kappa shape index (κ2) is 7.91. The fraction of sp³-hybridized carbons (Fsp3) is 0.692. The van der Waals surface area contributed by atoms with Gasteiger partial charge in [0, 0.05) is 32.9 Å². The summed E-state index contributed by atoms with van der Waals surface area (Å²) in [4.78, 5) is 14.0. The molecule has 0 aromatic carbocycles. The van der Waals surface area contributed by atoms with Gasteiger partial charge in [0.25, 0.3) is 0 Å². The first kappa shape index (κ1) is 15.7. The minimum absolute atomic E-state index is 0.0310. The van der Waals surface area contributed by atoms with Crippen molar-refractivity contribution in [1.29, 1.82) is 0 Å². The largest absolute Gasteiger partial charge is 0.383 e. The number of hydrogen-bond acceptors (Lipinski definition) is 5. The maximum Gasteiger partial charge on any atom is 0.227 e. The first-order valence-electron chi connectivity index (χ1n) is 6.27. The second-order valence-corrected chi connectivity index (χ2v) is 4.35. The number of carbonyl (C=O) groups excluding carboxylic acids is 1. The van der Waals surface area contributed by atoms with Crippen LogP contribution in [0.1, 0.15) is 17.0 Å². The average molecular weight is 270 g/mol. The van der Waals surface area contributed by atoms with Gasteiger partial charge in [-0.1, -0.05) is 5.16 Å². The lowest BCUT2D eigenvalue weighted by molar-refractivity contribution is -0.131. The zero-order valence-corrected chi connectivity index (χ0v) is 12.1. The first-order valence-corrected chi connectivity index (χ1v) is 6.27. The lowest BCUT2D eigenvalue weighted by Crippen LogP contribution is -2.37. The molecule has 1 heterocycles. The van der Waals surface area contributed by atoms with Gasteiger partial charge in [-0.25, -0.2) is 0 Å². The molecule has 0 bridgehead atoms. The first-order chi connectivity index (χ1) is 9.10. The Kier molecular flexibility index (Phi) is 6.52. The van der Waals surface area contributed by atoms with Crippen molar-refractivity contribution in [3.05, 3.63) is 17.0 Å². The zero-order valence-electron chi connectivity index (χ0n) is 12.1. The molecule has 0 saturated heterocycles. The number of methoxy groups -OCH3 is 2. The Morgan fingerprint density at radius 2 is 1.79 bits per heavy atom. The molecular weight excluding hydrogens is 248 g/mol. The molecule has 0 spiro atoms. The lowest BCUT2D eigenvalue weighted by atomic mass is 10.1. The van der Waals surface area contributed by atoms with Crippen molar-refractivity contribution < 1.29 is 18.8 Å². The summed E-state index contributed by atoms with van der Waals surface area (Å²) in [6.07, 6.45) is 0.300. The van der Waals surface area contributed by atoms with E-state index in [1.165, 1.54) is 0 Å². The molecule has 0 saturated carbocycles. The summed E-state index contributed by atoms with van der Waals surface area (Å²) in [7, 11) is 3.24. The number of ether oxygens (including phenoxy) is 2. The summed E-state index contributed by atoms with van der Waals surface area (Å²) >= 11 is 0. The summed E-state index contributed by atoms with van der Waals surface area (Å²) < 4.78 is 15.1. The Labute approximate surface area is 113 Å². The highest BCUT2D eigenvalue weighted by atomic mass is 16.5. The van der Waals surface area contributed by atoms with Gasteiger partial charge in [-0.15, -0.1) is 0 Å². The molecule has 1 aromatic rings. The van der Waals surface area contributed by atoms with Gasteiger partial charge >= 0.3 is 0 Å². The Bertz CT molecular complexity index is 376. The average Bonchev–Trinajstić information content (AvgIpc) is 2.70. The molecule has 0 aliphatic heterocycles. The molecule has 0 aliphatic rings. The summed E-state index contributed by atoms with van der Waals surface area (Å²) in [6, 6.07) is 0. The van der Waals surface area contributed by atoms with E-state index >= 15 is 0 Å².